The van der Waals surface area contributed by atoms with Gasteiger partial charge in [0.2, 0.25) is 10.0 Å². The Morgan fingerprint density at radius 2 is 1.62 bits per heavy atom. The molecule has 0 atom stereocenters. The van der Waals surface area contributed by atoms with Crippen molar-refractivity contribution in [2.75, 3.05) is 23.7 Å². The van der Waals surface area contributed by atoms with Gasteiger partial charge in [-0.25, -0.2) is 17.2 Å². The average molecular weight is 461 g/mol. The van der Waals surface area contributed by atoms with Crippen LogP contribution in [0.25, 0.3) is 0 Å². The highest BCUT2D eigenvalue weighted by molar-refractivity contribution is 7.92. The van der Waals surface area contributed by atoms with Crippen molar-refractivity contribution in [1.82, 2.24) is 5.32 Å². The first-order valence-corrected chi connectivity index (χ1v) is 11.6. The predicted molar refractivity (Wildman–Crippen MR) is 118 cm³/mol. The van der Waals surface area contributed by atoms with Crippen LogP contribution < -0.4 is 14.4 Å². The molecule has 0 bridgehead atoms. The Morgan fingerprint density at radius 3 is 2.25 bits per heavy atom. The van der Waals surface area contributed by atoms with E-state index in [2.05, 4.69) is 5.32 Å². The number of anilines is 1. The highest BCUT2D eigenvalue weighted by Gasteiger charge is 2.20. The van der Waals surface area contributed by atoms with Crippen molar-refractivity contribution in [2.24, 2.45) is 0 Å². The van der Waals surface area contributed by atoms with Gasteiger partial charge >= 0.3 is 0 Å². The van der Waals surface area contributed by atoms with Crippen molar-refractivity contribution in [3.05, 3.63) is 95.6 Å². The zero-order valence-corrected chi connectivity index (χ0v) is 18.1. The summed E-state index contributed by atoms with van der Waals surface area (Å²) in [5, 5.41) is 2.69. The number of ether oxygens (including phenoxy) is 1. The third kappa shape index (κ3) is 6.27. The van der Waals surface area contributed by atoms with Crippen molar-refractivity contribution >= 4 is 21.6 Å². The van der Waals surface area contributed by atoms with Crippen molar-refractivity contribution in [3.8, 4) is 5.75 Å². The number of nitrogens with one attached hydrogen (secondary N) is 1. The standard InChI is InChI=1S/C23H22F2N2O4S/c1-32(29,30)27(16-18-4-2-3-5-22(18)25)20-10-6-17(7-11-20)23(28)26-14-15-31-21-12-8-19(24)9-13-21/h2-13H,14-16H2,1H3,(H,26,28). The summed E-state index contributed by atoms with van der Waals surface area (Å²) >= 11 is 0. The third-order valence-electron chi connectivity index (χ3n) is 4.56. The Kier molecular flexibility index (Phi) is 7.42. The minimum absolute atomic E-state index is 0.169. The van der Waals surface area contributed by atoms with E-state index < -0.39 is 15.8 Å². The van der Waals surface area contributed by atoms with E-state index in [1.165, 1.54) is 66.7 Å². The van der Waals surface area contributed by atoms with E-state index in [1.807, 2.05) is 0 Å². The van der Waals surface area contributed by atoms with Crippen LogP contribution in [0.15, 0.2) is 72.8 Å². The lowest BCUT2D eigenvalue weighted by Crippen LogP contribution is -2.30. The minimum Gasteiger partial charge on any atom is -0.492 e. The molecule has 3 rings (SSSR count). The molecule has 0 unspecified atom stereocenters. The number of sulfonamides is 1. The molecule has 0 radical (unpaired) electrons. The van der Waals surface area contributed by atoms with Crippen LogP contribution in [0.1, 0.15) is 15.9 Å². The van der Waals surface area contributed by atoms with Crippen molar-refractivity contribution < 1.29 is 26.7 Å². The normalized spacial score (nSPS) is 11.1. The second-order valence-corrected chi connectivity index (χ2v) is 8.87. The zero-order valence-electron chi connectivity index (χ0n) is 17.3. The molecule has 0 aromatic heterocycles. The summed E-state index contributed by atoms with van der Waals surface area (Å²) in [6.07, 6.45) is 1.04. The average Bonchev–Trinajstić information content (AvgIpc) is 2.76. The van der Waals surface area contributed by atoms with Crippen LogP contribution in [-0.2, 0) is 16.6 Å². The number of halogens is 2. The smallest absolute Gasteiger partial charge is 0.251 e. The molecule has 0 spiro atoms. The summed E-state index contributed by atoms with van der Waals surface area (Å²) in [5.74, 6) is -0.738. The Hall–Kier alpha value is -3.46. The molecular formula is C23H22F2N2O4S. The molecule has 0 fully saturated rings. The summed E-state index contributed by atoms with van der Waals surface area (Å²) in [6, 6.07) is 17.5. The van der Waals surface area contributed by atoms with E-state index in [1.54, 1.807) is 6.07 Å². The second kappa shape index (κ2) is 10.2. The molecule has 168 valence electrons. The summed E-state index contributed by atoms with van der Waals surface area (Å²) in [6.45, 7) is 0.248. The molecule has 1 N–H and O–H groups in total. The molecule has 0 aliphatic carbocycles. The minimum atomic E-state index is -3.69. The molecule has 0 heterocycles. The SMILES string of the molecule is CS(=O)(=O)N(Cc1ccccc1F)c1ccc(C(=O)NCCOc2ccc(F)cc2)cc1. The van der Waals surface area contributed by atoms with Gasteiger partial charge in [0.15, 0.2) is 0 Å². The van der Waals surface area contributed by atoms with E-state index in [9.17, 15) is 22.0 Å². The Labute approximate surface area is 185 Å². The maximum Gasteiger partial charge on any atom is 0.251 e. The number of carbonyl (C=O) groups is 1. The summed E-state index contributed by atoms with van der Waals surface area (Å²) in [5.41, 5.74) is 0.878. The van der Waals surface area contributed by atoms with Crippen LogP contribution in [0.3, 0.4) is 0 Å². The highest BCUT2D eigenvalue weighted by atomic mass is 32.2. The fourth-order valence-electron chi connectivity index (χ4n) is 2.93. The Balaban J connectivity index is 1.61. The van der Waals surface area contributed by atoms with E-state index in [0.717, 1.165) is 10.6 Å². The lowest BCUT2D eigenvalue weighted by Gasteiger charge is -2.23. The second-order valence-electron chi connectivity index (χ2n) is 6.97. The number of hydrogen-bond acceptors (Lipinski definition) is 4. The Bertz CT molecular complexity index is 1170. The maximum absolute atomic E-state index is 14.0. The topological polar surface area (TPSA) is 75.7 Å². The maximum atomic E-state index is 14.0. The van der Waals surface area contributed by atoms with Gasteiger partial charge in [0.25, 0.3) is 5.91 Å². The molecule has 9 heteroatoms. The van der Waals surface area contributed by atoms with Gasteiger partial charge in [-0.1, -0.05) is 18.2 Å². The van der Waals surface area contributed by atoms with Gasteiger partial charge < -0.3 is 10.1 Å². The first-order valence-electron chi connectivity index (χ1n) is 9.72. The monoisotopic (exact) mass is 460 g/mol. The lowest BCUT2D eigenvalue weighted by molar-refractivity contribution is 0.0947. The van der Waals surface area contributed by atoms with E-state index >= 15 is 0 Å². The first-order chi connectivity index (χ1) is 15.2. The molecule has 3 aromatic carbocycles. The largest absolute Gasteiger partial charge is 0.492 e. The Morgan fingerprint density at radius 1 is 0.969 bits per heavy atom. The first kappa shape index (κ1) is 23.2. The molecule has 0 saturated heterocycles. The number of hydrogen-bond donors (Lipinski definition) is 1. The molecule has 0 saturated carbocycles. The number of carbonyl (C=O) groups excluding carboxylic acids is 1. The quantitative estimate of drug-likeness (QED) is 0.494. The molecular weight excluding hydrogens is 438 g/mol. The fourth-order valence-corrected chi connectivity index (χ4v) is 3.81. The molecule has 1 amide bonds. The van der Waals surface area contributed by atoms with E-state index in [0.29, 0.717) is 17.0 Å². The number of nitrogens with zero attached hydrogens (tertiary/aromatic N) is 1. The van der Waals surface area contributed by atoms with Gasteiger partial charge in [0.05, 0.1) is 25.0 Å². The molecule has 3 aromatic rings. The van der Waals surface area contributed by atoms with Gasteiger partial charge in [-0.05, 0) is 54.6 Å². The van der Waals surface area contributed by atoms with Crippen LogP contribution in [0.2, 0.25) is 0 Å². The van der Waals surface area contributed by atoms with Gasteiger partial charge in [0.1, 0.15) is 24.0 Å². The van der Waals surface area contributed by atoms with Gasteiger partial charge in [-0.3, -0.25) is 9.10 Å². The van der Waals surface area contributed by atoms with Crippen molar-refractivity contribution in [2.45, 2.75) is 6.54 Å². The molecule has 0 aliphatic heterocycles. The van der Waals surface area contributed by atoms with Crippen LogP contribution in [0.4, 0.5) is 14.5 Å². The predicted octanol–water partition coefficient (Wildman–Crippen LogP) is 3.74. The molecule has 6 nitrogen and oxygen atoms in total. The van der Waals surface area contributed by atoms with E-state index in [-0.39, 0.29) is 37.0 Å². The fraction of sp³-hybridized carbons (Fsp3) is 0.174. The summed E-state index contributed by atoms with van der Waals surface area (Å²) in [4.78, 5) is 12.3. The zero-order chi connectivity index (χ0) is 23.1. The van der Waals surface area contributed by atoms with Gasteiger partial charge in [-0.15, -0.1) is 0 Å². The van der Waals surface area contributed by atoms with Crippen LogP contribution in [0, 0.1) is 11.6 Å². The number of amides is 1. The lowest BCUT2D eigenvalue weighted by atomic mass is 10.1. The van der Waals surface area contributed by atoms with Crippen LogP contribution in [0.5, 0.6) is 5.75 Å². The van der Waals surface area contributed by atoms with Crippen molar-refractivity contribution in [1.29, 1.82) is 0 Å². The van der Waals surface area contributed by atoms with Gasteiger partial charge in [0, 0.05) is 11.1 Å². The summed E-state index contributed by atoms with van der Waals surface area (Å²) in [7, 11) is -3.69. The number of rotatable bonds is 9. The van der Waals surface area contributed by atoms with Crippen molar-refractivity contribution in [3.63, 3.8) is 0 Å². The van der Waals surface area contributed by atoms with Crippen LogP contribution >= 0.6 is 0 Å². The summed E-state index contributed by atoms with van der Waals surface area (Å²) < 4.78 is 57.9. The van der Waals surface area contributed by atoms with E-state index in [4.69, 9.17) is 4.74 Å². The third-order valence-corrected chi connectivity index (χ3v) is 5.70. The molecule has 0 aliphatic rings. The van der Waals surface area contributed by atoms with Crippen LogP contribution in [-0.4, -0.2) is 33.7 Å². The van der Waals surface area contributed by atoms with Gasteiger partial charge in [-0.2, -0.15) is 0 Å². The molecule has 32 heavy (non-hydrogen) atoms. The highest BCUT2D eigenvalue weighted by Crippen LogP contribution is 2.22. The number of benzene rings is 3.